The van der Waals surface area contributed by atoms with Gasteiger partial charge in [-0.15, -0.1) is 0 Å². The van der Waals surface area contributed by atoms with Crippen molar-refractivity contribution in [1.29, 1.82) is 5.26 Å². The molecule has 3 rings (SSSR count). The molecule has 0 saturated heterocycles. The number of hydrogen-bond donors (Lipinski definition) is 1. The van der Waals surface area contributed by atoms with Crippen molar-refractivity contribution in [2.75, 3.05) is 0 Å². The van der Waals surface area contributed by atoms with E-state index in [0.717, 1.165) is 5.56 Å². The van der Waals surface area contributed by atoms with Gasteiger partial charge in [-0.25, -0.2) is 0 Å². The first-order valence-corrected chi connectivity index (χ1v) is 5.91. The molecule has 1 N–H and O–H groups in total. The van der Waals surface area contributed by atoms with Crippen LogP contribution in [0.4, 0.5) is 0 Å². The van der Waals surface area contributed by atoms with Crippen molar-refractivity contribution in [3.63, 3.8) is 0 Å². The normalized spacial score (nSPS) is 14.4. The Morgan fingerprint density at radius 1 is 1.33 bits per heavy atom. The summed E-state index contributed by atoms with van der Waals surface area (Å²) in [4.78, 5) is 4.31. The third kappa shape index (κ3) is 2.39. The van der Waals surface area contributed by atoms with Gasteiger partial charge in [0.15, 0.2) is 5.82 Å². The van der Waals surface area contributed by atoms with Gasteiger partial charge in [0, 0.05) is 11.6 Å². The molecule has 0 aliphatic heterocycles. The molecule has 0 amide bonds. The van der Waals surface area contributed by atoms with Gasteiger partial charge in [0.1, 0.15) is 0 Å². The van der Waals surface area contributed by atoms with Crippen LogP contribution in [0.3, 0.4) is 0 Å². The van der Waals surface area contributed by atoms with Crippen LogP contribution in [0.1, 0.15) is 24.2 Å². The van der Waals surface area contributed by atoms with Crippen molar-refractivity contribution in [2.24, 2.45) is 0 Å². The second-order valence-electron chi connectivity index (χ2n) is 4.36. The van der Waals surface area contributed by atoms with Crippen LogP contribution in [-0.4, -0.2) is 16.2 Å². The lowest BCUT2D eigenvalue weighted by molar-refractivity contribution is 0.419. The molecule has 1 aromatic heterocycles. The summed E-state index contributed by atoms with van der Waals surface area (Å²) in [6.45, 7) is 0.643. The van der Waals surface area contributed by atoms with E-state index in [1.807, 2.05) is 12.1 Å². The minimum atomic E-state index is 0.493. The van der Waals surface area contributed by atoms with Crippen molar-refractivity contribution >= 4 is 0 Å². The van der Waals surface area contributed by atoms with E-state index < -0.39 is 0 Å². The maximum atomic E-state index is 8.72. The summed E-state index contributed by atoms with van der Waals surface area (Å²) in [6.07, 6.45) is 2.47. The van der Waals surface area contributed by atoms with Gasteiger partial charge in [-0.2, -0.15) is 10.2 Å². The number of benzene rings is 1. The third-order valence-corrected chi connectivity index (χ3v) is 2.86. The van der Waals surface area contributed by atoms with E-state index >= 15 is 0 Å². The van der Waals surface area contributed by atoms with Crippen LogP contribution >= 0.6 is 0 Å². The van der Waals surface area contributed by atoms with Gasteiger partial charge in [0.05, 0.1) is 18.2 Å². The standard InChI is InChI=1S/C13H12N4O/c14-7-9-1-3-10(4-2-9)13-16-12(17-18-13)8-15-11-5-6-11/h1-4,11,15H,5-6,8H2. The smallest absolute Gasteiger partial charge is 0.257 e. The molecule has 0 atom stereocenters. The molecular weight excluding hydrogens is 228 g/mol. The molecule has 5 nitrogen and oxygen atoms in total. The summed E-state index contributed by atoms with van der Waals surface area (Å²) in [6, 6.07) is 9.80. The molecule has 1 saturated carbocycles. The molecule has 0 spiro atoms. The zero-order chi connectivity index (χ0) is 12.4. The fraction of sp³-hybridized carbons (Fsp3) is 0.308. The van der Waals surface area contributed by atoms with Gasteiger partial charge in [0.2, 0.25) is 0 Å². The van der Waals surface area contributed by atoms with Crippen molar-refractivity contribution < 1.29 is 4.52 Å². The first-order chi connectivity index (χ1) is 8.85. The van der Waals surface area contributed by atoms with E-state index in [9.17, 15) is 0 Å². The first-order valence-electron chi connectivity index (χ1n) is 5.91. The summed E-state index contributed by atoms with van der Waals surface area (Å²) < 4.78 is 5.19. The van der Waals surface area contributed by atoms with Crippen LogP contribution in [-0.2, 0) is 6.54 Å². The summed E-state index contributed by atoms with van der Waals surface area (Å²) in [5.41, 5.74) is 1.45. The molecule has 0 unspecified atom stereocenters. The quantitative estimate of drug-likeness (QED) is 0.882. The highest BCUT2D eigenvalue weighted by Gasteiger charge is 2.21. The molecule has 1 aromatic carbocycles. The van der Waals surface area contributed by atoms with E-state index in [1.54, 1.807) is 12.1 Å². The lowest BCUT2D eigenvalue weighted by atomic mass is 10.1. The maximum absolute atomic E-state index is 8.72. The molecule has 1 aliphatic rings. The molecule has 1 aliphatic carbocycles. The Kier molecular flexibility index (Phi) is 2.79. The van der Waals surface area contributed by atoms with Gasteiger partial charge in [-0.3, -0.25) is 0 Å². The number of nitrogens with zero attached hydrogens (tertiary/aromatic N) is 3. The predicted octanol–water partition coefficient (Wildman–Crippen LogP) is 1.86. The molecule has 0 bridgehead atoms. The minimum Gasteiger partial charge on any atom is -0.334 e. The Hall–Kier alpha value is -2.19. The van der Waals surface area contributed by atoms with E-state index in [4.69, 9.17) is 9.78 Å². The van der Waals surface area contributed by atoms with Crippen LogP contribution < -0.4 is 5.32 Å². The van der Waals surface area contributed by atoms with Crippen LogP contribution in [0.15, 0.2) is 28.8 Å². The monoisotopic (exact) mass is 240 g/mol. The zero-order valence-electron chi connectivity index (χ0n) is 9.76. The Morgan fingerprint density at radius 2 is 2.11 bits per heavy atom. The van der Waals surface area contributed by atoms with Gasteiger partial charge in [-0.1, -0.05) is 5.16 Å². The zero-order valence-corrected chi connectivity index (χ0v) is 9.76. The summed E-state index contributed by atoms with van der Waals surface area (Å²) >= 11 is 0. The lowest BCUT2D eigenvalue weighted by Crippen LogP contribution is -2.16. The van der Waals surface area contributed by atoms with Gasteiger partial charge in [-0.05, 0) is 37.1 Å². The molecule has 1 heterocycles. The lowest BCUT2D eigenvalue weighted by Gasteiger charge is -1.95. The van der Waals surface area contributed by atoms with E-state index in [2.05, 4.69) is 21.5 Å². The van der Waals surface area contributed by atoms with Gasteiger partial charge in [0.25, 0.3) is 5.89 Å². The van der Waals surface area contributed by atoms with Crippen molar-refractivity contribution in [3.05, 3.63) is 35.7 Å². The number of nitriles is 1. The van der Waals surface area contributed by atoms with Gasteiger partial charge >= 0.3 is 0 Å². The number of nitrogens with one attached hydrogen (secondary N) is 1. The second kappa shape index (κ2) is 4.59. The van der Waals surface area contributed by atoms with Gasteiger partial charge < -0.3 is 9.84 Å². The molecule has 2 aromatic rings. The van der Waals surface area contributed by atoms with E-state index in [-0.39, 0.29) is 0 Å². The highest BCUT2D eigenvalue weighted by Crippen LogP contribution is 2.20. The van der Waals surface area contributed by atoms with E-state index in [1.165, 1.54) is 12.8 Å². The van der Waals surface area contributed by atoms with Crippen molar-refractivity contribution in [1.82, 2.24) is 15.5 Å². The van der Waals surface area contributed by atoms with Crippen molar-refractivity contribution in [3.8, 4) is 17.5 Å². The van der Waals surface area contributed by atoms with Crippen LogP contribution in [0.2, 0.25) is 0 Å². The molecule has 18 heavy (non-hydrogen) atoms. The largest absolute Gasteiger partial charge is 0.334 e. The molecule has 90 valence electrons. The summed E-state index contributed by atoms with van der Waals surface area (Å²) in [5.74, 6) is 1.16. The van der Waals surface area contributed by atoms with Crippen LogP contribution in [0, 0.1) is 11.3 Å². The predicted molar refractivity (Wildman–Crippen MR) is 64.3 cm³/mol. The Balaban J connectivity index is 1.72. The Bertz CT molecular complexity index is 578. The first kappa shape index (κ1) is 10.9. The molecule has 0 radical (unpaired) electrons. The van der Waals surface area contributed by atoms with Crippen molar-refractivity contribution in [2.45, 2.75) is 25.4 Å². The molecular formula is C13H12N4O. The topological polar surface area (TPSA) is 74.7 Å². The maximum Gasteiger partial charge on any atom is 0.257 e. The average Bonchev–Trinajstić information content (AvgIpc) is 3.14. The second-order valence-corrected chi connectivity index (χ2v) is 4.36. The summed E-state index contributed by atoms with van der Waals surface area (Å²) in [7, 11) is 0. The molecule has 5 heteroatoms. The highest BCUT2D eigenvalue weighted by atomic mass is 16.5. The van der Waals surface area contributed by atoms with E-state index in [0.29, 0.717) is 29.9 Å². The highest BCUT2D eigenvalue weighted by molar-refractivity contribution is 5.54. The number of hydrogen-bond acceptors (Lipinski definition) is 5. The SMILES string of the molecule is N#Cc1ccc(-c2nc(CNC3CC3)no2)cc1. The number of rotatable bonds is 4. The minimum absolute atomic E-state index is 0.493. The fourth-order valence-electron chi connectivity index (χ4n) is 1.65. The number of aromatic nitrogens is 2. The van der Waals surface area contributed by atoms with Crippen LogP contribution in [0.5, 0.6) is 0 Å². The van der Waals surface area contributed by atoms with Crippen LogP contribution in [0.25, 0.3) is 11.5 Å². The fourth-order valence-corrected chi connectivity index (χ4v) is 1.65. The summed E-state index contributed by atoms with van der Waals surface area (Å²) in [5, 5.41) is 16.0. The average molecular weight is 240 g/mol. The third-order valence-electron chi connectivity index (χ3n) is 2.86. The molecule has 1 fully saturated rings. The Labute approximate surface area is 104 Å². The Morgan fingerprint density at radius 3 is 2.78 bits per heavy atom.